The lowest BCUT2D eigenvalue weighted by molar-refractivity contribution is -0.125. The second-order valence-corrected chi connectivity index (χ2v) is 9.05. The summed E-state index contributed by atoms with van der Waals surface area (Å²) in [6, 6.07) is 16.0. The molecular formula is C23H22BrClN4O. The van der Waals surface area contributed by atoms with Crippen LogP contribution in [0.25, 0.3) is 0 Å². The molecule has 2 aromatic carbocycles. The van der Waals surface area contributed by atoms with Crippen molar-refractivity contribution < 1.29 is 4.79 Å². The molecule has 0 aromatic heterocycles. The molecule has 154 valence electrons. The Hall–Kier alpha value is -2.15. The topological polar surface area (TPSA) is 39.2 Å². The Kier molecular flexibility index (Phi) is 5.39. The number of fused-ring (bicyclic) bond motifs is 2. The van der Waals surface area contributed by atoms with E-state index in [0.717, 1.165) is 59.9 Å². The summed E-state index contributed by atoms with van der Waals surface area (Å²) in [5.41, 5.74) is 4.21. The van der Waals surface area contributed by atoms with E-state index in [9.17, 15) is 4.79 Å². The number of guanidine groups is 1. The summed E-state index contributed by atoms with van der Waals surface area (Å²) < 4.78 is 1.11. The summed E-state index contributed by atoms with van der Waals surface area (Å²) in [7, 11) is 0. The van der Waals surface area contributed by atoms with Gasteiger partial charge in [-0.25, -0.2) is 0 Å². The van der Waals surface area contributed by atoms with Crippen LogP contribution in [0.3, 0.4) is 0 Å². The third-order valence-corrected chi connectivity index (χ3v) is 7.06. The molecule has 0 radical (unpaired) electrons. The number of aliphatic imine (C=N–C) groups is 1. The van der Waals surface area contributed by atoms with Gasteiger partial charge in [-0.1, -0.05) is 63.9 Å². The molecular weight excluding hydrogens is 464 g/mol. The number of hydrogen-bond acceptors (Lipinski definition) is 4. The number of hydrogen-bond donors (Lipinski definition) is 0. The number of amides is 1. The average Bonchev–Trinajstić information content (AvgIpc) is 3.24. The summed E-state index contributed by atoms with van der Waals surface area (Å²) in [5.74, 6) is 0.830. The second-order valence-electron chi connectivity index (χ2n) is 7.79. The van der Waals surface area contributed by atoms with Crippen LogP contribution in [0, 0.1) is 0 Å². The molecule has 0 spiro atoms. The Morgan fingerprint density at radius 3 is 2.57 bits per heavy atom. The van der Waals surface area contributed by atoms with Crippen molar-refractivity contribution in [2.24, 2.45) is 4.99 Å². The molecule has 3 aliphatic heterocycles. The maximum absolute atomic E-state index is 13.6. The maximum atomic E-state index is 13.6. The first kappa shape index (κ1) is 19.8. The molecule has 5 rings (SSSR count). The van der Waals surface area contributed by atoms with Crippen LogP contribution in [0.15, 0.2) is 69.3 Å². The quantitative estimate of drug-likeness (QED) is 0.649. The summed E-state index contributed by atoms with van der Waals surface area (Å²) >= 11 is 10.0. The van der Waals surface area contributed by atoms with E-state index in [1.165, 1.54) is 5.56 Å². The summed E-state index contributed by atoms with van der Waals surface area (Å²) in [5, 5.41) is 0.675. The molecule has 0 saturated carbocycles. The average molecular weight is 486 g/mol. The van der Waals surface area contributed by atoms with Crippen molar-refractivity contribution >= 4 is 39.4 Å². The van der Waals surface area contributed by atoms with Gasteiger partial charge in [0.25, 0.3) is 5.91 Å². The molecule has 0 bridgehead atoms. The first-order valence-electron chi connectivity index (χ1n) is 10.2. The van der Waals surface area contributed by atoms with Crippen molar-refractivity contribution in [2.45, 2.75) is 19.5 Å². The Morgan fingerprint density at radius 2 is 1.77 bits per heavy atom. The monoisotopic (exact) mass is 484 g/mol. The SMILES string of the molecule is O=C1C2=C(CCN(Cc3ccccc3Br)C2)N2CCN=C2N1Cc1ccccc1Cl. The van der Waals surface area contributed by atoms with Crippen LogP contribution < -0.4 is 0 Å². The van der Waals surface area contributed by atoms with Gasteiger partial charge in [-0.3, -0.25) is 19.6 Å². The lowest BCUT2D eigenvalue weighted by Gasteiger charge is -2.42. The molecule has 0 aliphatic carbocycles. The molecule has 7 heteroatoms. The number of carbonyl (C=O) groups excluding carboxylic acids is 1. The van der Waals surface area contributed by atoms with Gasteiger partial charge < -0.3 is 4.90 Å². The largest absolute Gasteiger partial charge is 0.314 e. The molecule has 0 saturated heterocycles. The number of nitrogens with zero attached hydrogens (tertiary/aromatic N) is 4. The van der Waals surface area contributed by atoms with Crippen molar-refractivity contribution in [3.8, 4) is 0 Å². The van der Waals surface area contributed by atoms with E-state index in [1.54, 1.807) is 4.90 Å². The van der Waals surface area contributed by atoms with E-state index in [4.69, 9.17) is 11.6 Å². The minimum absolute atomic E-state index is 0.0543. The fraction of sp³-hybridized carbons (Fsp3) is 0.304. The zero-order valence-corrected chi connectivity index (χ0v) is 18.9. The molecule has 3 aliphatic rings. The molecule has 0 atom stereocenters. The first-order valence-corrected chi connectivity index (χ1v) is 11.3. The molecule has 0 fully saturated rings. The van der Waals surface area contributed by atoms with Gasteiger partial charge in [0.2, 0.25) is 5.96 Å². The fourth-order valence-corrected chi connectivity index (χ4v) is 5.02. The van der Waals surface area contributed by atoms with Gasteiger partial charge in [0.15, 0.2) is 0 Å². The van der Waals surface area contributed by atoms with Gasteiger partial charge in [0, 0.05) is 47.8 Å². The number of carbonyl (C=O) groups is 1. The Balaban J connectivity index is 1.42. The van der Waals surface area contributed by atoms with E-state index in [1.807, 2.05) is 30.3 Å². The van der Waals surface area contributed by atoms with Crippen molar-refractivity contribution in [1.29, 1.82) is 0 Å². The van der Waals surface area contributed by atoms with Crippen LogP contribution >= 0.6 is 27.5 Å². The number of rotatable bonds is 4. The zero-order valence-electron chi connectivity index (χ0n) is 16.5. The maximum Gasteiger partial charge on any atom is 0.259 e. The normalized spacial score (nSPS) is 19.1. The minimum atomic E-state index is 0.0543. The zero-order chi connectivity index (χ0) is 20.7. The third kappa shape index (κ3) is 3.57. The van der Waals surface area contributed by atoms with Crippen molar-refractivity contribution in [3.63, 3.8) is 0 Å². The van der Waals surface area contributed by atoms with E-state index in [2.05, 4.69) is 48.9 Å². The van der Waals surface area contributed by atoms with Crippen LogP contribution in [-0.4, -0.2) is 52.7 Å². The summed E-state index contributed by atoms with van der Waals surface area (Å²) in [6.07, 6.45) is 0.866. The lowest BCUT2D eigenvalue weighted by atomic mass is 10.00. The first-order chi connectivity index (χ1) is 14.6. The van der Waals surface area contributed by atoms with Gasteiger partial charge in [-0.15, -0.1) is 0 Å². The number of benzene rings is 2. The third-order valence-electron chi connectivity index (χ3n) is 5.92. The Morgan fingerprint density at radius 1 is 1.00 bits per heavy atom. The van der Waals surface area contributed by atoms with Crippen molar-refractivity contribution in [1.82, 2.24) is 14.7 Å². The van der Waals surface area contributed by atoms with E-state index in [0.29, 0.717) is 18.1 Å². The van der Waals surface area contributed by atoms with Crippen LogP contribution in [0.1, 0.15) is 17.5 Å². The highest BCUT2D eigenvalue weighted by Crippen LogP contribution is 2.33. The minimum Gasteiger partial charge on any atom is -0.314 e. The standard InChI is InChI=1S/C23H22BrClN4O/c24-19-7-3-1-5-16(19)13-27-11-9-21-18(15-27)22(30)29(23-26-10-12-28(21)23)14-17-6-2-4-8-20(17)25/h1-8H,9-15H2. The van der Waals surface area contributed by atoms with Gasteiger partial charge in [-0.2, -0.15) is 0 Å². The van der Waals surface area contributed by atoms with E-state index in [-0.39, 0.29) is 5.91 Å². The highest BCUT2D eigenvalue weighted by atomic mass is 79.9. The molecule has 5 nitrogen and oxygen atoms in total. The van der Waals surface area contributed by atoms with Crippen LogP contribution in [0.4, 0.5) is 0 Å². The molecule has 2 aromatic rings. The summed E-state index contributed by atoms with van der Waals surface area (Å²) in [4.78, 5) is 24.6. The van der Waals surface area contributed by atoms with Crippen LogP contribution in [0.5, 0.6) is 0 Å². The highest BCUT2D eigenvalue weighted by Gasteiger charge is 2.41. The van der Waals surface area contributed by atoms with Gasteiger partial charge in [-0.05, 0) is 23.3 Å². The van der Waals surface area contributed by atoms with Gasteiger partial charge >= 0.3 is 0 Å². The highest BCUT2D eigenvalue weighted by molar-refractivity contribution is 9.10. The Bertz CT molecular complexity index is 1070. The van der Waals surface area contributed by atoms with Crippen LogP contribution in [0.2, 0.25) is 5.02 Å². The van der Waals surface area contributed by atoms with Crippen LogP contribution in [-0.2, 0) is 17.9 Å². The van der Waals surface area contributed by atoms with Crippen molar-refractivity contribution in [3.05, 3.63) is 80.4 Å². The van der Waals surface area contributed by atoms with Gasteiger partial charge in [0.1, 0.15) is 0 Å². The fourth-order valence-electron chi connectivity index (χ4n) is 4.42. The van der Waals surface area contributed by atoms with Crippen molar-refractivity contribution in [2.75, 3.05) is 26.2 Å². The molecule has 1 amide bonds. The molecule has 0 N–H and O–H groups in total. The Labute approximate surface area is 189 Å². The van der Waals surface area contributed by atoms with E-state index < -0.39 is 0 Å². The summed E-state index contributed by atoms with van der Waals surface area (Å²) in [6.45, 7) is 4.40. The lowest BCUT2D eigenvalue weighted by Crippen LogP contribution is -2.53. The number of halogens is 2. The van der Waals surface area contributed by atoms with E-state index >= 15 is 0 Å². The predicted octanol–water partition coefficient (Wildman–Crippen LogP) is 4.28. The molecule has 0 unspecified atom stereocenters. The predicted molar refractivity (Wildman–Crippen MR) is 122 cm³/mol. The van der Waals surface area contributed by atoms with Gasteiger partial charge in [0.05, 0.1) is 18.7 Å². The smallest absolute Gasteiger partial charge is 0.259 e. The second kappa shape index (κ2) is 8.17. The molecule has 30 heavy (non-hydrogen) atoms. The molecule has 3 heterocycles.